The molecule has 0 atom stereocenters. The Morgan fingerprint density at radius 1 is 1.17 bits per heavy atom. The first-order valence-corrected chi connectivity index (χ1v) is 12.7. The molecule has 0 spiro atoms. The van der Waals surface area contributed by atoms with Crippen LogP contribution in [0.3, 0.4) is 0 Å². The van der Waals surface area contributed by atoms with E-state index < -0.39 is 15.3 Å². The summed E-state index contributed by atoms with van der Waals surface area (Å²) in [6, 6.07) is 7.33. The van der Waals surface area contributed by atoms with E-state index in [4.69, 9.17) is 14.7 Å². The fourth-order valence-electron chi connectivity index (χ4n) is 4.57. The number of H-pyrrole nitrogens is 1. The first kappa shape index (κ1) is 22.3. The zero-order chi connectivity index (χ0) is 24.9. The fourth-order valence-corrected chi connectivity index (χ4v) is 5.34. The van der Waals surface area contributed by atoms with E-state index in [1.807, 2.05) is 24.3 Å². The van der Waals surface area contributed by atoms with Gasteiger partial charge in [-0.15, -0.1) is 6.58 Å². The van der Waals surface area contributed by atoms with Gasteiger partial charge >= 0.3 is 0 Å². The largest absolute Gasteiger partial charge is 0.444 e. The van der Waals surface area contributed by atoms with Crippen molar-refractivity contribution in [3.05, 3.63) is 84.0 Å². The van der Waals surface area contributed by atoms with Gasteiger partial charge in [-0.2, -0.15) is 10.6 Å². The summed E-state index contributed by atoms with van der Waals surface area (Å²) in [5.41, 5.74) is 3.79. The van der Waals surface area contributed by atoms with Crippen LogP contribution in [-0.4, -0.2) is 29.5 Å². The minimum Gasteiger partial charge on any atom is -0.444 e. The van der Waals surface area contributed by atoms with Gasteiger partial charge in [-0.3, -0.25) is 14.8 Å². The second-order valence-corrected chi connectivity index (χ2v) is 10.2. The second kappa shape index (κ2) is 8.49. The number of nitrogens with zero attached hydrogens (tertiary/aromatic N) is 5. The van der Waals surface area contributed by atoms with Gasteiger partial charge in [0.25, 0.3) is 5.56 Å². The van der Waals surface area contributed by atoms with Crippen molar-refractivity contribution in [3.63, 3.8) is 0 Å². The Balaban J connectivity index is 1.65. The summed E-state index contributed by atoms with van der Waals surface area (Å²) in [6.07, 6.45) is 12.3. The third-order valence-corrected chi connectivity index (χ3v) is 8.01. The lowest BCUT2D eigenvalue weighted by Gasteiger charge is -2.19. The third kappa shape index (κ3) is 3.53. The highest BCUT2D eigenvalue weighted by Crippen LogP contribution is 2.49. The molecular weight excluding hydrogens is 474 g/mol. The molecule has 1 aliphatic carbocycles. The number of rotatable bonds is 7. The number of fused-ring (bicyclic) bond motifs is 2. The summed E-state index contributed by atoms with van der Waals surface area (Å²) in [4.78, 5) is 34.5. The van der Waals surface area contributed by atoms with E-state index in [-0.39, 0.29) is 5.56 Å². The average molecular weight is 497 g/mol. The SMILES string of the molecule is C=CCCn1cc(-c2cc(C3([S-](=N)=O)CC3)nc(-c3ccnc4ccncc34)n2)c2cc[nH]c2c1=O. The summed E-state index contributed by atoms with van der Waals surface area (Å²) < 4.78 is 21.3. The Hall–Kier alpha value is -4.18. The van der Waals surface area contributed by atoms with E-state index in [9.17, 15) is 9.00 Å². The maximum atomic E-state index is 13.0. The smallest absolute Gasteiger partial charge is 0.274 e. The standard InChI is InChI=1S/C26H22N7O2S/c1-2-3-12-33-15-19(16-4-11-30-23(16)25(33)34)21-13-22(26(7-8-26)36(27)35)32-24(31-21)17-5-10-29-20-6-9-28-14-18(17)20/h2,4-6,9-11,13-15,27,30H,1,3,7-8,12H2/q-1. The van der Waals surface area contributed by atoms with Crippen LogP contribution in [0.2, 0.25) is 0 Å². The van der Waals surface area contributed by atoms with E-state index in [2.05, 4.69) is 21.5 Å². The molecule has 1 aliphatic rings. The number of aromatic nitrogens is 6. The summed E-state index contributed by atoms with van der Waals surface area (Å²) >= 11 is 0. The molecule has 10 heteroatoms. The quantitative estimate of drug-likeness (QED) is 0.248. The summed E-state index contributed by atoms with van der Waals surface area (Å²) in [6.45, 7) is 4.25. The van der Waals surface area contributed by atoms with Crippen LogP contribution in [0.1, 0.15) is 25.0 Å². The third-order valence-electron chi connectivity index (χ3n) is 6.68. The Kier molecular flexibility index (Phi) is 5.26. The number of aryl methyl sites for hydroxylation is 1. The van der Waals surface area contributed by atoms with Gasteiger partial charge in [0.05, 0.1) is 11.2 Å². The molecule has 5 heterocycles. The van der Waals surface area contributed by atoms with Crippen LogP contribution in [0, 0.1) is 4.78 Å². The van der Waals surface area contributed by atoms with Crippen LogP contribution >= 0.6 is 0 Å². The highest BCUT2D eigenvalue weighted by atomic mass is 32.2. The van der Waals surface area contributed by atoms with E-state index in [0.717, 1.165) is 27.4 Å². The lowest BCUT2D eigenvalue weighted by atomic mass is 10.1. The van der Waals surface area contributed by atoms with E-state index >= 15 is 0 Å². The fraction of sp³-hybridized carbons (Fsp3) is 0.192. The maximum Gasteiger partial charge on any atom is 0.274 e. The van der Waals surface area contributed by atoms with Crippen LogP contribution in [0.5, 0.6) is 0 Å². The highest BCUT2D eigenvalue weighted by molar-refractivity contribution is 7.74. The van der Waals surface area contributed by atoms with E-state index in [0.29, 0.717) is 48.5 Å². The number of hydrogen-bond donors (Lipinski definition) is 2. The highest BCUT2D eigenvalue weighted by Gasteiger charge is 2.40. The number of nitrogens with one attached hydrogen (secondary N) is 2. The van der Waals surface area contributed by atoms with Crippen LogP contribution in [0.25, 0.3) is 44.5 Å². The van der Waals surface area contributed by atoms with Crippen LogP contribution in [-0.2, 0) is 26.1 Å². The van der Waals surface area contributed by atoms with Gasteiger partial charge in [-0.25, -0.2) is 9.97 Å². The molecule has 2 N–H and O–H groups in total. The number of aromatic amines is 1. The van der Waals surface area contributed by atoms with E-state index in [1.165, 1.54) is 0 Å². The molecule has 5 aromatic heterocycles. The molecule has 180 valence electrons. The van der Waals surface area contributed by atoms with Gasteiger partial charge in [-0.1, -0.05) is 18.9 Å². The maximum absolute atomic E-state index is 13.0. The zero-order valence-corrected chi connectivity index (χ0v) is 20.1. The predicted molar refractivity (Wildman–Crippen MR) is 139 cm³/mol. The monoisotopic (exact) mass is 496 g/mol. The molecule has 1 saturated carbocycles. The topological polar surface area (TPSA) is 130 Å². The Morgan fingerprint density at radius 2 is 2.03 bits per heavy atom. The van der Waals surface area contributed by atoms with Crippen molar-refractivity contribution >= 4 is 32.4 Å². The molecule has 9 nitrogen and oxygen atoms in total. The molecule has 6 rings (SSSR count). The summed E-state index contributed by atoms with van der Waals surface area (Å²) in [5.74, 6) is 0.437. The molecule has 36 heavy (non-hydrogen) atoms. The zero-order valence-electron chi connectivity index (χ0n) is 19.3. The second-order valence-electron chi connectivity index (χ2n) is 8.86. The minimum atomic E-state index is -1.84. The van der Waals surface area contributed by atoms with Crippen LogP contribution < -0.4 is 5.56 Å². The lowest BCUT2D eigenvalue weighted by molar-refractivity contribution is 0.590. The first-order valence-electron chi connectivity index (χ1n) is 11.6. The lowest BCUT2D eigenvalue weighted by Crippen LogP contribution is -2.20. The molecular formula is C26H22N7O2S-. The molecule has 0 bridgehead atoms. The normalized spacial score (nSPS) is 14.5. The summed E-state index contributed by atoms with van der Waals surface area (Å²) in [7, 11) is -1.84. The van der Waals surface area contributed by atoms with Crippen molar-refractivity contribution in [2.45, 2.75) is 30.6 Å². The minimum absolute atomic E-state index is 0.118. The van der Waals surface area contributed by atoms with Gasteiger partial charge in [-0.05, 0) is 35.4 Å². The number of pyridine rings is 3. The molecule has 0 aromatic carbocycles. The van der Waals surface area contributed by atoms with Crippen molar-refractivity contribution in [3.8, 4) is 22.6 Å². The van der Waals surface area contributed by atoms with Crippen LogP contribution in [0.4, 0.5) is 0 Å². The molecule has 0 unspecified atom stereocenters. The molecule has 0 saturated heterocycles. The van der Waals surface area contributed by atoms with Gasteiger partial charge in [0.15, 0.2) is 5.82 Å². The number of hydrogen-bond acceptors (Lipinski definition) is 8. The van der Waals surface area contributed by atoms with Crippen molar-refractivity contribution in [2.75, 3.05) is 0 Å². The molecule has 0 radical (unpaired) electrons. The van der Waals surface area contributed by atoms with E-state index in [1.54, 1.807) is 41.6 Å². The molecule has 1 fully saturated rings. The van der Waals surface area contributed by atoms with Gasteiger partial charge < -0.3 is 18.5 Å². The van der Waals surface area contributed by atoms with Crippen molar-refractivity contribution in [2.24, 2.45) is 0 Å². The van der Waals surface area contributed by atoms with Gasteiger partial charge in [0, 0.05) is 65.1 Å². The predicted octanol–water partition coefficient (Wildman–Crippen LogP) is 4.69. The first-order chi connectivity index (χ1) is 17.5. The van der Waals surface area contributed by atoms with Crippen molar-refractivity contribution in [1.29, 1.82) is 4.78 Å². The van der Waals surface area contributed by atoms with Gasteiger partial charge in [0.1, 0.15) is 5.52 Å². The van der Waals surface area contributed by atoms with Crippen molar-refractivity contribution in [1.82, 2.24) is 29.5 Å². The molecule has 0 aliphatic heterocycles. The average Bonchev–Trinajstić information content (AvgIpc) is 3.58. The molecule has 5 aromatic rings. The van der Waals surface area contributed by atoms with Gasteiger partial charge in [0.2, 0.25) is 0 Å². The Bertz CT molecular complexity index is 1780. The summed E-state index contributed by atoms with van der Waals surface area (Å²) in [5, 5.41) is 1.53. The van der Waals surface area contributed by atoms with Crippen LogP contribution in [0.15, 0.2) is 72.7 Å². The Morgan fingerprint density at radius 3 is 2.81 bits per heavy atom. The number of allylic oxidation sites excluding steroid dienone is 1. The molecule has 0 amide bonds. The Labute approximate surface area is 208 Å². The van der Waals surface area contributed by atoms with Crippen molar-refractivity contribution < 1.29 is 4.21 Å².